The number of hydrogen-bond acceptors (Lipinski definition) is 3. The van der Waals surface area contributed by atoms with Crippen LogP contribution in [0.4, 0.5) is 4.39 Å². The Morgan fingerprint density at radius 3 is 2.74 bits per heavy atom. The molecule has 3 N–H and O–H groups in total. The minimum atomic E-state index is -0.538. The highest BCUT2D eigenvalue weighted by Crippen LogP contribution is 2.11. The number of primary amides is 1. The molecule has 0 spiro atoms. The molecule has 1 atom stereocenters. The van der Waals surface area contributed by atoms with Crippen molar-refractivity contribution in [3.63, 3.8) is 0 Å². The van der Waals surface area contributed by atoms with E-state index in [1.54, 1.807) is 31.0 Å². The molecule has 0 aliphatic carbocycles. The van der Waals surface area contributed by atoms with E-state index < -0.39 is 17.6 Å². The largest absolute Gasteiger partial charge is 0.369 e. The van der Waals surface area contributed by atoms with Gasteiger partial charge in [0.05, 0.1) is 12.1 Å². The zero-order chi connectivity index (χ0) is 17.0. The number of benzene rings is 1. The zero-order valence-electron chi connectivity index (χ0n) is 13.0. The lowest BCUT2D eigenvalue weighted by Crippen LogP contribution is -2.37. The predicted octanol–water partition coefficient (Wildman–Crippen LogP) is 0.942. The van der Waals surface area contributed by atoms with E-state index in [1.165, 1.54) is 18.2 Å². The number of nitrogens with zero attached hydrogens (tertiary/aromatic N) is 2. The molecule has 0 saturated heterocycles. The molecule has 0 saturated carbocycles. The summed E-state index contributed by atoms with van der Waals surface area (Å²) in [7, 11) is 1.78. The molecule has 2 amide bonds. The van der Waals surface area contributed by atoms with Crippen molar-refractivity contribution in [3.05, 3.63) is 53.1 Å². The van der Waals surface area contributed by atoms with Gasteiger partial charge in [0.1, 0.15) is 5.82 Å². The molecule has 1 heterocycles. The Labute approximate surface area is 133 Å². The predicted molar refractivity (Wildman–Crippen MR) is 83.1 cm³/mol. The topological polar surface area (TPSA) is 90.0 Å². The van der Waals surface area contributed by atoms with Crippen molar-refractivity contribution in [1.29, 1.82) is 0 Å². The van der Waals surface area contributed by atoms with Crippen LogP contribution in [0.25, 0.3) is 0 Å². The van der Waals surface area contributed by atoms with Crippen molar-refractivity contribution in [1.82, 2.24) is 15.1 Å². The number of nitrogens with one attached hydrogen (secondary N) is 1. The van der Waals surface area contributed by atoms with E-state index in [4.69, 9.17) is 5.73 Å². The summed E-state index contributed by atoms with van der Waals surface area (Å²) in [5.74, 6) is -1.79. The lowest BCUT2D eigenvalue weighted by Gasteiger charge is -2.14. The van der Waals surface area contributed by atoms with Gasteiger partial charge in [-0.25, -0.2) is 4.39 Å². The fraction of sp³-hybridized carbons (Fsp3) is 0.312. The maximum absolute atomic E-state index is 13.1. The maximum Gasteiger partial charge on any atom is 0.251 e. The van der Waals surface area contributed by atoms with Crippen LogP contribution in [0, 0.1) is 18.7 Å². The van der Waals surface area contributed by atoms with Gasteiger partial charge in [-0.1, -0.05) is 0 Å². The second-order valence-corrected chi connectivity index (χ2v) is 5.49. The lowest BCUT2D eigenvalue weighted by molar-refractivity contribution is -0.121. The van der Waals surface area contributed by atoms with Gasteiger partial charge in [0, 0.05) is 25.4 Å². The average Bonchev–Trinajstić information content (AvgIpc) is 2.88. The third-order valence-electron chi connectivity index (χ3n) is 3.58. The van der Waals surface area contributed by atoms with Crippen molar-refractivity contribution in [3.8, 4) is 0 Å². The molecule has 7 heteroatoms. The second kappa shape index (κ2) is 7.04. The number of carbonyl (C=O) groups excluding carboxylic acids is 2. The molecule has 2 aromatic rings. The summed E-state index contributed by atoms with van der Waals surface area (Å²) < 4.78 is 14.7. The van der Waals surface area contributed by atoms with Crippen LogP contribution in [0.1, 0.15) is 21.5 Å². The average molecular weight is 318 g/mol. The summed E-state index contributed by atoms with van der Waals surface area (Å²) >= 11 is 0. The van der Waals surface area contributed by atoms with Crippen molar-refractivity contribution in [2.75, 3.05) is 6.54 Å². The number of aryl methyl sites for hydroxylation is 2. The standard InChI is InChI=1S/C16H19FN4O2/c1-10-5-13(17)3-4-14(10)16(23)19-8-12(15(18)22)6-11-7-20-21(2)9-11/h3-5,7,9,12H,6,8H2,1-2H3,(H2,18,22)(H,19,23)/t12-/m0/s1. The molecule has 0 bridgehead atoms. The molecular weight excluding hydrogens is 299 g/mol. The Kier molecular flexibility index (Phi) is 5.10. The summed E-state index contributed by atoms with van der Waals surface area (Å²) in [5, 5.41) is 6.71. The smallest absolute Gasteiger partial charge is 0.251 e. The first kappa shape index (κ1) is 16.7. The van der Waals surface area contributed by atoms with E-state index in [1.807, 2.05) is 0 Å². The Morgan fingerprint density at radius 1 is 1.43 bits per heavy atom. The van der Waals surface area contributed by atoms with Gasteiger partial charge < -0.3 is 11.1 Å². The van der Waals surface area contributed by atoms with Gasteiger partial charge in [-0.3, -0.25) is 14.3 Å². The number of nitrogens with two attached hydrogens (primary N) is 1. The molecule has 6 nitrogen and oxygen atoms in total. The van der Waals surface area contributed by atoms with E-state index in [9.17, 15) is 14.0 Å². The SMILES string of the molecule is Cc1cc(F)ccc1C(=O)NC[C@H](Cc1cnn(C)c1)C(N)=O. The fourth-order valence-electron chi connectivity index (χ4n) is 2.33. The van der Waals surface area contributed by atoms with Gasteiger partial charge in [0.2, 0.25) is 5.91 Å². The maximum atomic E-state index is 13.1. The first-order chi connectivity index (χ1) is 10.9. The molecule has 0 fully saturated rings. The zero-order valence-corrected chi connectivity index (χ0v) is 13.0. The van der Waals surface area contributed by atoms with Crippen LogP contribution in [0.5, 0.6) is 0 Å². The Bertz CT molecular complexity index is 727. The second-order valence-electron chi connectivity index (χ2n) is 5.49. The highest BCUT2D eigenvalue weighted by Gasteiger charge is 2.19. The summed E-state index contributed by atoms with van der Waals surface area (Å²) in [6.45, 7) is 1.76. The number of carbonyl (C=O) groups is 2. The van der Waals surface area contributed by atoms with E-state index in [-0.39, 0.29) is 12.5 Å². The molecule has 1 aromatic carbocycles. The van der Waals surface area contributed by atoms with Gasteiger partial charge in [0.15, 0.2) is 0 Å². The van der Waals surface area contributed by atoms with Crippen LogP contribution >= 0.6 is 0 Å². The third-order valence-corrected chi connectivity index (χ3v) is 3.58. The number of amides is 2. The van der Waals surface area contributed by atoms with Gasteiger partial charge in [-0.15, -0.1) is 0 Å². The van der Waals surface area contributed by atoms with Crippen molar-refractivity contribution in [2.24, 2.45) is 18.7 Å². The van der Waals surface area contributed by atoms with Crippen molar-refractivity contribution >= 4 is 11.8 Å². The third kappa shape index (κ3) is 4.38. The molecule has 2 rings (SSSR count). The van der Waals surface area contributed by atoms with E-state index >= 15 is 0 Å². The molecular formula is C16H19FN4O2. The molecule has 122 valence electrons. The van der Waals surface area contributed by atoms with Gasteiger partial charge in [-0.05, 0) is 42.7 Å². The van der Waals surface area contributed by atoms with Crippen LogP contribution in [-0.4, -0.2) is 28.1 Å². The highest BCUT2D eigenvalue weighted by molar-refractivity contribution is 5.95. The lowest BCUT2D eigenvalue weighted by atomic mass is 10.0. The number of hydrogen-bond donors (Lipinski definition) is 2. The molecule has 0 radical (unpaired) electrons. The Hall–Kier alpha value is -2.70. The van der Waals surface area contributed by atoms with E-state index in [0.717, 1.165) is 5.56 Å². The Morgan fingerprint density at radius 2 is 2.17 bits per heavy atom. The van der Waals surface area contributed by atoms with Crippen LogP contribution < -0.4 is 11.1 Å². The van der Waals surface area contributed by atoms with Gasteiger partial charge in [0.25, 0.3) is 5.91 Å². The normalized spacial score (nSPS) is 12.0. The number of rotatable bonds is 6. The van der Waals surface area contributed by atoms with Crippen LogP contribution in [0.3, 0.4) is 0 Å². The molecule has 0 aliphatic rings. The first-order valence-electron chi connectivity index (χ1n) is 7.18. The monoisotopic (exact) mass is 318 g/mol. The summed E-state index contributed by atoms with van der Waals surface area (Å²) in [4.78, 5) is 23.7. The van der Waals surface area contributed by atoms with E-state index in [2.05, 4.69) is 10.4 Å². The summed E-state index contributed by atoms with van der Waals surface area (Å²) in [5.41, 5.74) is 7.17. The number of halogens is 1. The first-order valence-corrected chi connectivity index (χ1v) is 7.18. The fourth-order valence-corrected chi connectivity index (χ4v) is 2.33. The van der Waals surface area contributed by atoms with Crippen molar-refractivity contribution in [2.45, 2.75) is 13.3 Å². The molecule has 0 aliphatic heterocycles. The van der Waals surface area contributed by atoms with Gasteiger partial charge >= 0.3 is 0 Å². The van der Waals surface area contributed by atoms with Crippen molar-refractivity contribution < 1.29 is 14.0 Å². The molecule has 1 aromatic heterocycles. The molecule has 23 heavy (non-hydrogen) atoms. The highest BCUT2D eigenvalue weighted by atomic mass is 19.1. The quantitative estimate of drug-likeness (QED) is 0.830. The summed E-state index contributed by atoms with van der Waals surface area (Å²) in [6.07, 6.45) is 3.84. The van der Waals surface area contributed by atoms with Crippen LogP contribution in [0.2, 0.25) is 0 Å². The number of aromatic nitrogens is 2. The Balaban J connectivity index is 2.00. The minimum Gasteiger partial charge on any atom is -0.369 e. The van der Waals surface area contributed by atoms with E-state index in [0.29, 0.717) is 17.5 Å². The minimum absolute atomic E-state index is 0.111. The van der Waals surface area contributed by atoms with Gasteiger partial charge in [-0.2, -0.15) is 5.10 Å². The van der Waals surface area contributed by atoms with Crippen LogP contribution in [0.15, 0.2) is 30.6 Å². The van der Waals surface area contributed by atoms with Crippen LogP contribution in [-0.2, 0) is 18.3 Å². The molecule has 0 unspecified atom stereocenters. The summed E-state index contributed by atoms with van der Waals surface area (Å²) in [6, 6.07) is 3.93.